The predicted octanol–water partition coefficient (Wildman–Crippen LogP) is 3.09. The maximum atomic E-state index is 12.6. The van der Waals surface area contributed by atoms with Crippen LogP contribution in [0.1, 0.15) is 35.2 Å². The summed E-state index contributed by atoms with van der Waals surface area (Å²) in [7, 11) is -3.44. The van der Waals surface area contributed by atoms with Crippen molar-refractivity contribution in [2.45, 2.75) is 23.5 Å². The highest BCUT2D eigenvalue weighted by Gasteiger charge is 2.27. The third-order valence-corrected chi connectivity index (χ3v) is 7.66. The van der Waals surface area contributed by atoms with Crippen LogP contribution in [0, 0.1) is 11.3 Å². The van der Waals surface area contributed by atoms with Crippen LogP contribution in [-0.2, 0) is 10.0 Å². The number of ketones is 1. The summed E-state index contributed by atoms with van der Waals surface area (Å²) < 4.78 is 27.1. The van der Waals surface area contributed by atoms with Gasteiger partial charge in [-0.05, 0) is 37.1 Å². The molecule has 136 valence electrons. The number of carbonyl (C=O) groups excluding carboxylic acids is 1. The lowest BCUT2D eigenvalue weighted by molar-refractivity contribution is 0.101. The number of benzene rings is 1. The Kier molecular flexibility index (Phi) is 5.71. The molecule has 0 unspecified atom stereocenters. The standard InChI is InChI=1S/C18H19N3O3S2/c19-12-14-4-6-15(7-5-14)16(22)13-20-17-8-9-18(25-17)26(23,24)21-10-2-1-3-11-21/h4-9,20H,1-3,10-11,13H2. The highest BCUT2D eigenvalue weighted by atomic mass is 32.2. The Hall–Kier alpha value is -2.21. The van der Waals surface area contributed by atoms with Crippen LogP contribution in [0.3, 0.4) is 0 Å². The molecule has 6 nitrogen and oxygen atoms in total. The molecule has 1 aliphatic rings. The number of anilines is 1. The number of Topliss-reactive ketones (excluding diaryl/α,β-unsaturated/α-hetero) is 1. The van der Waals surface area contributed by atoms with E-state index in [4.69, 9.17) is 5.26 Å². The summed E-state index contributed by atoms with van der Waals surface area (Å²) in [5.41, 5.74) is 1.01. The summed E-state index contributed by atoms with van der Waals surface area (Å²) in [4.78, 5) is 12.2. The van der Waals surface area contributed by atoms with Crippen molar-refractivity contribution in [2.75, 3.05) is 25.0 Å². The predicted molar refractivity (Wildman–Crippen MR) is 101 cm³/mol. The molecule has 0 amide bonds. The number of nitrogens with one attached hydrogen (secondary N) is 1. The molecule has 8 heteroatoms. The van der Waals surface area contributed by atoms with E-state index in [1.54, 1.807) is 36.4 Å². The summed E-state index contributed by atoms with van der Waals surface area (Å²) in [5, 5.41) is 12.4. The number of hydrogen-bond donors (Lipinski definition) is 1. The highest BCUT2D eigenvalue weighted by molar-refractivity contribution is 7.91. The van der Waals surface area contributed by atoms with Crippen LogP contribution in [0.25, 0.3) is 0 Å². The van der Waals surface area contributed by atoms with Gasteiger partial charge in [0.2, 0.25) is 0 Å². The Morgan fingerprint density at radius 3 is 2.46 bits per heavy atom. The van der Waals surface area contributed by atoms with E-state index in [2.05, 4.69) is 5.32 Å². The van der Waals surface area contributed by atoms with Gasteiger partial charge in [-0.25, -0.2) is 8.42 Å². The number of carbonyl (C=O) groups is 1. The van der Waals surface area contributed by atoms with Crippen molar-refractivity contribution >= 4 is 32.1 Å². The SMILES string of the molecule is N#Cc1ccc(C(=O)CNc2ccc(S(=O)(=O)N3CCCCC3)s2)cc1. The minimum Gasteiger partial charge on any atom is -0.369 e. The van der Waals surface area contributed by atoms with E-state index < -0.39 is 10.0 Å². The van der Waals surface area contributed by atoms with Crippen LogP contribution < -0.4 is 5.32 Å². The van der Waals surface area contributed by atoms with Gasteiger partial charge in [0, 0.05) is 18.7 Å². The molecule has 2 aromatic rings. The third-order valence-electron chi connectivity index (χ3n) is 4.25. The second-order valence-electron chi connectivity index (χ2n) is 6.05. The average Bonchev–Trinajstić information content (AvgIpc) is 3.17. The Balaban J connectivity index is 1.63. The maximum Gasteiger partial charge on any atom is 0.252 e. The van der Waals surface area contributed by atoms with E-state index in [9.17, 15) is 13.2 Å². The first-order valence-corrected chi connectivity index (χ1v) is 10.6. The van der Waals surface area contributed by atoms with Crippen molar-refractivity contribution in [3.8, 4) is 6.07 Å². The summed E-state index contributed by atoms with van der Waals surface area (Å²) in [6.45, 7) is 1.20. The monoisotopic (exact) mass is 389 g/mol. The van der Waals surface area contributed by atoms with Crippen molar-refractivity contribution in [3.63, 3.8) is 0 Å². The normalized spacial score (nSPS) is 15.3. The van der Waals surface area contributed by atoms with Crippen molar-refractivity contribution in [3.05, 3.63) is 47.5 Å². The van der Waals surface area contributed by atoms with Crippen LogP contribution in [0.2, 0.25) is 0 Å². The van der Waals surface area contributed by atoms with Crippen molar-refractivity contribution < 1.29 is 13.2 Å². The van der Waals surface area contributed by atoms with Gasteiger partial charge < -0.3 is 5.32 Å². The molecule has 3 rings (SSSR count). The molecule has 0 saturated carbocycles. The van der Waals surface area contributed by atoms with Crippen LogP contribution in [0.15, 0.2) is 40.6 Å². The van der Waals surface area contributed by atoms with E-state index in [0.29, 0.717) is 33.4 Å². The lowest BCUT2D eigenvalue weighted by Gasteiger charge is -2.25. The zero-order valence-corrected chi connectivity index (χ0v) is 15.8. The number of hydrogen-bond acceptors (Lipinski definition) is 6. The van der Waals surface area contributed by atoms with Crippen LogP contribution >= 0.6 is 11.3 Å². The first kappa shape index (κ1) is 18.6. The van der Waals surface area contributed by atoms with Gasteiger partial charge >= 0.3 is 0 Å². The number of nitrogens with zero attached hydrogens (tertiary/aromatic N) is 2. The molecule has 1 N–H and O–H groups in total. The topological polar surface area (TPSA) is 90.3 Å². The molecule has 0 atom stereocenters. The average molecular weight is 390 g/mol. The molecular weight excluding hydrogens is 370 g/mol. The summed E-state index contributed by atoms with van der Waals surface area (Å²) in [6, 6.07) is 11.7. The van der Waals surface area contributed by atoms with E-state index in [1.807, 2.05) is 6.07 Å². The van der Waals surface area contributed by atoms with Crippen LogP contribution in [-0.4, -0.2) is 38.1 Å². The second-order valence-corrected chi connectivity index (χ2v) is 9.30. The van der Waals surface area contributed by atoms with Crippen molar-refractivity contribution in [1.29, 1.82) is 5.26 Å². The minimum atomic E-state index is -3.44. The molecule has 1 fully saturated rings. The molecule has 0 aliphatic carbocycles. The van der Waals surface area contributed by atoms with E-state index in [1.165, 1.54) is 4.31 Å². The zero-order valence-electron chi connectivity index (χ0n) is 14.1. The lowest BCUT2D eigenvalue weighted by Crippen LogP contribution is -2.35. The number of nitriles is 1. The maximum absolute atomic E-state index is 12.6. The second kappa shape index (κ2) is 7.99. The number of rotatable bonds is 6. The molecular formula is C18H19N3O3S2. The Morgan fingerprint density at radius 2 is 1.81 bits per heavy atom. The van der Waals surface area contributed by atoms with Gasteiger partial charge in [0.25, 0.3) is 10.0 Å². The largest absolute Gasteiger partial charge is 0.369 e. The molecule has 26 heavy (non-hydrogen) atoms. The molecule has 0 radical (unpaired) electrons. The highest BCUT2D eigenvalue weighted by Crippen LogP contribution is 2.29. The molecule has 1 aromatic carbocycles. The van der Waals surface area contributed by atoms with Crippen LogP contribution in [0.4, 0.5) is 5.00 Å². The first-order valence-electron chi connectivity index (χ1n) is 8.38. The Bertz CT molecular complexity index is 921. The van der Waals surface area contributed by atoms with Gasteiger partial charge in [-0.2, -0.15) is 9.57 Å². The summed E-state index contributed by atoms with van der Waals surface area (Å²) >= 11 is 1.14. The fourth-order valence-corrected chi connectivity index (χ4v) is 5.66. The lowest BCUT2D eigenvalue weighted by atomic mass is 10.1. The first-order chi connectivity index (χ1) is 12.5. The van der Waals surface area contributed by atoms with Gasteiger partial charge in [-0.1, -0.05) is 18.6 Å². The quantitative estimate of drug-likeness (QED) is 0.767. The van der Waals surface area contributed by atoms with Gasteiger partial charge in [0.05, 0.1) is 23.2 Å². The third kappa shape index (κ3) is 4.12. The molecule has 1 aromatic heterocycles. The van der Waals surface area contributed by atoms with Gasteiger partial charge in [-0.15, -0.1) is 11.3 Å². The molecule has 1 aliphatic heterocycles. The molecule has 0 bridgehead atoms. The fraction of sp³-hybridized carbons (Fsp3) is 0.333. The van der Waals surface area contributed by atoms with Gasteiger partial charge in [-0.3, -0.25) is 4.79 Å². The number of sulfonamides is 1. The number of thiophene rings is 1. The van der Waals surface area contributed by atoms with Gasteiger partial charge in [0.15, 0.2) is 5.78 Å². The molecule has 2 heterocycles. The Morgan fingerprint density at radius 1 is 1.12 bits per heavy atom. The summed E-state index contributed by atoms with van der Waals surface area (Å²) in [5.74, 6) is -0.122. The van der Waals surface area contributed by atoms with Crippen molar-refractivity contribution in [1.82, 2.24) is 4.31 Å². The number of piperidine rings is 1. The van der Waals surface area contributed by atoms with Crippen LogP contribution in [0.5, 0.6) is 0 Å². The summed E-state index contributed by atoms with van der Waals surface area (Å²) in [6.07, 6.45) is 2.87. The zero-order chi connectivity index (χ0) is 18.6. The molecule has 1 saturated heterocycles. The smallest absolute Gasteiger partial charge is 0.252 e. The van der Waals surface area contributed by atoms with E-state index >= 15 is 0 Å². The molecule has 0 spiro atoms. The van der Waals surface area contributed by atoms with Gasteiger partial charge in [0.1, 0.15) is 4.21 Å². The van der Waals surface area contributed by atoms with E-state index in [0.717, 1.165) is 30.6 Å². The Labute approximate surface area is 157 Å². The van der Waals surface area contributed by atoms with E-state index in [-0.39, 0.29) is 12.3 Å². The fourth-order valence-electron chi connectivity index (χ4n) is 2.79. The van der Waals surface area contributed by atoms with Crippen molar-refractivity contribution in [2.24, 2.45) is 0 Å². The minimum absolute atomic E-state index is 0.0651.